The molecule has 1 spiro atoms. The molecule has 3 heteroatoms. The Morgan fingerprint density at radius 3 is 1.39 bits per heavy atom. The van der Waals surface area contributed by atoms with Gasteiger partial charge in [0.25, 0.3) is 0 Å². The smallest absolute Gasteiger partial charge is 0.179 e. The molecule has 67 heavy (non-hydrogen) atoms. The lowest BCUT2D eigenvalue weighted by Crippen LogP contribution is -2.74. The summed E-state index contributed by atoms with van der Waals surface area (Å²) >= 11 is 0. The second-order valence-electron chi connectivity index (χ2n) is 20.0. The number of fused-ring (bicyclic) bond motifs is 5. The van der Waals surface area contributed by atoms with Crippen molar-refractivity contribution in [1.82, 2.24) is 4.57 Å². The van der Waals surface area contributed by atoms with Crippen molar-refractivity contribution in [3.63, 3.8) is 0 Å². The Hall–Kier alpha value is -7.20. The summed E-state index contributed by atoms with van der Waals surface area (Å²) in [6.07, 6.45) is 6.94. The van der Waals surface area contributed by atoms with Crippen molar-refractivity contribution in [2.75, 3.05) is 4.90 Å². The number of anilines is 3. The van der Waals surface area contributed by atoms with Gasteiger partial charge in [-0.25, -0.2) is 0 Å². The van der Waals surface area contributed by atoms with Crippen LogP contribution in [0.15, 0.2) is 231 Å². The molecule has 10 aromatic rings. The Labute approximate surface area is 394 Å². The lowest BCUT2D eigenvalue weighted by atomic mass is 9.41. The standard InChI is InChI=1S/C64H52N2Si/c1-4-19-49(20-5-1)67(50-21-6-2-7-22-50,51-23-8-3-9-24-51)52-37-35-46(36-38-52)53-25-10-14-29-57(53)65-58-30-15-11-26-54(58)63-61(65)33-18-34-62(63)66-59-31-16-12-27-55(59)64(56-28-13-17-32-60(56)66)47-40-44-39-45(42-47)43-48(64)41-44/h1-38,44-45,47-48H,39-43H2. The van der Waals surface area contributed by atoms with Crippen LogP contribution >= 0.6 is 0 Å². The molecule has 0 unspecified atom stereocenters. The molecule has 1 aliphatic heterocycles. The summed E-state index contributed by atoms with van der Waals surface area (Å²) in [6, 6.07) is 87.5. The molecule has 5 aliphatic rings. The van der Waals surface area contributed by atoms with Crippen LogP contribution in [0.3, 0.4) is 0 Å². The molecule has 0 saturated heterocycles. The maximum Gasteiger partial charge on any atom is 0.179 e. The molecule has 2 heterocycles. The number of nitrogens with zero attached hydrogens (tertiary/aromatic N) is 2. The molecule has 15 rings (SSSR count). The fraction of sp³-hybridized carbons (Fsp3) is 0.156. The monoisotopic (exact) mass is 876 g/mol. The summed E-state index contributed by atoms with van der Waals surface area (Å²) in [4.78, 5) is 2.65. The van der Waals surface area contributed by atoms with E-state index in [9.17, 15) is 0 Å². The highest BCUT2D eigenvalue weighted by Crippen LogP contribution is 2.69. The molecule has 4 saturated carbocycles. The van der Waals surface area contributed by atoms with Crippen LogP contribution in [0.25, 0.3) is 38.6 Å². The Balaban J connectivity index is 0.945. The van der Waals surface area contributed by atoms with Crippen molar-refractivity contribution in [2.45, 2.75) is 37.5 Å². The van der Waals surface area contributed by atoms with Crippen molar-refractivity contribution in [3.05, 3.63) is 242 Å². The van der Waals surface area contributed by atoms with Gasteiger partial charge in [-0.05, 0) is 130 Å². The molecule has 0 radical (unpaired) electrons. The van der Waals surface area contributed by atoms with Gasteiger partial charge in [-0.2, -0.15) is 0 Å². The Morgan fingerprint density at radius 1 is 0.358 bits per heavy atom. The third kappa shape index (κ3) is 5.55. The fourth-order valence-electron chi connectivity index (χ4n) is 14.7. The molecule has 0 amide bonds. The van der Waals surface area contributed by atoms with Crippen LogP contribution in [0.5, 0.6) is 0 Å². The summed E-state index contributed by atoms with van der Waals surface area (Å²) in [5.74, 6) is 3.20. The van der Waals surface area contributed by atoms with Gasteiger partial charge < -0.3 is 9.47 Å². The van der Waals surface area contributed by atoms with E-state index in [1.165, 1.54) is 109 Å². The van der Waals surface area contributed by atoms with E-state index in [1.807, 2.05) is 0 Å². The number of benzene rings is 9. The summed E-state index contributed by atoms with van der Waals surface area (Å²) in [5.41, 5.74) is 13.2. The molecule has 0 atom stereocenters. The Morgan fingerprint density at radius 2 is 0.806 bits per heavy atom. The van der Waals surface area contributed by atoms with Gasteiger partial charge in [-0.1, -0.05) is 194 Å². The summed E-state index contributed by atoms with van der Waals surface area (Å²) in [6.45, 7) is 0. The number of para-hydroxylation sites is 4. The van der Waals surface area contributed by atoms with Crippen molar-refractivity contribution in [2.24, 2.45) is 23.7 Å². The predicted octanol–water partition coefficient (Wildman–Crippen LogP) is 13.4. The third-order valence-corrected chi connectivity index (χ3v) is 21.7. The van der Waals surface area contributed by atoms with E-state index in [0.717, 1.165) is 11.8 Å². The first-order chi connectivity index (χ1) is 33.2. The molecule has 9 aromatic carbocycles. The fourth-order valence-corrected chi connectivity index (χ4v) is 19.4. The van der Waals surface area contributed by atoms with Gasteiger partial charge in [0, 0.05) is 21.8 Å². The van der Waals surface area contributed by atoms with Gasteiger partial charge >= 0.3 is 0 Å². The van der Waals surface area contributed by atoms with E-state index in [-0.39, 0.29) is 5.41 Å². The number of hydrogen-bond donors (Lipinski definition) is 0. The molecule has 4 aliphatic carbocycles. The minimum absolute atomic E-state index is 0.0684. The molecule has 4 fully saturated rings. The quantitative estimate of drug-likeness (QED) is 0.114. The van der Waals surface area contributed by atoms with Gasteiger partial charge in [-0.15, -0.1) is 0 Å². The maximum absolute atomic E-state index is 2.67. The van der Waals surface area contributed by atoms with Crippen molar-refractivity contribution < 1.29 is 0 Å². The molecule has 2 nitrogen and oxygen atoms in total. The van der Waals surface area contributed by atoms with Crippen LogP contribution in [0, 0.1) is 23.7 Å². The highest BCUT2D eigenvalue weighted by molar-refractivity contribution is 7.19. The van der Waals surface area contributed by atoms with Crippen LogP contribution in [-0.2, 0) is 5.41 Å². The number of rotatable bonds is 7. The van der Waals surface area contributed by atoms with Crippen molar-refractivity contribution in [1.29, 1.82) is 0 Å². The summed E-state index contributed by atoms with van der Waals surface area (Å²) < 4.78 is 2.54. The second-order valence-corrected chi connectivity index (χ2v) is 23.8. The Bertz CT molecular complexity index is 3310. The molecule has 322 valence electrons. The maximum atomic E-state index is 2.65. The van der Waals surface area contributed by atoms with Gasteiger partial charge in [0.2, 0.25) is 0 Å². The van der Waals surface area contributed by atoms with E-state index in [4.69, 9.17) is 0 Å². The van der Waals surface area contributed by atoms with E-state index in [0.29, 0.717) is 11.8 Å². The molecule has 4 bridgehead atoms. The zero-order valence-corrected chi connectivity index (χ0v) is 38.7. The third-order valence-electron chi connectivity index (χ3n) is 16.9. The van der Waals surface area contributed by atoms with Crippen molar-refractivity contribution >= 4 is 67.7 Å². The van der Waals surface area contributed by atoms with Gasteiger partial charge in [0.1, 0.15) is 0 Å². The van der Waals surface area contributed by atoms with E-state index in [2.05, 4.69) is 240 Å². The van der Waals surface area contributed by atoms with Gasteiger partial charge in [-0.3, -0.25) is 0 Å². The first-order valence-electron chi connectivity index (χ1n) is 24.6. The number of hydrogen-bond acceptors (Lipinski definition) is 1. The van der Waals surface area contributed by atoms with Gasteiger partial charge in [0.15, 0.2) is 8.07 Å². The molecular weight excluding hydrogens is 825 g/mol. The van der Waals surface area contributed by atoms with Crippen LogP contribution in [0.1, 0.15) is 43.2 Å². The normalized spacial score (nSPS) is 20.0. The van der Waals surface area contributed by atoms with Crippen LogP contribution in [0.2, 0.25) is 0 Å². The minimum atomic E-state index is -2.67. The predicted molar refractivity (Wildman–Crippen MR) is 282 cm³/mol. The second kappa shape index (κ2) is 15.2. The lowest BCUT2D eigenvalue weighted by molar-refractivity contribution is -0.0419. The average Bonchev–Trinajstić information content (AvgIpc) is 3.73. The topological polar surface area (TPSA) is 8.17 Å². The highest BCUT2D eigenvalue weighted by atomic mass is 28.3. The molecular formula is C64H52N2Si. The number of aromatic nitrogens is 1. The highest BCUT2D eigenvalue weighted by Gasteiger charge is 2.61. The molecule has 1 aromatic heterocycles. The van der Waals surface area contributed by atoms with Gasteiger partial charge in [0.05, 0.1) is 33.8 Å². The van der Waals surface area contributed by atoms with Crippen molar-refractivity contribution in [3.8, 4) is 16.8 Å². The average molecular weight is 877 g/mol. The van der Waals surface area contributed by atoms with E-state index < -0.39 is 8.07 Å². The summed E-state index contributed by atoms with van der Waals surface area (Å²) in [5, 5.41) is 8.08. The largest absolute Gasteiger partial charge is 0.309 e. The van der Waals surface area contributed by atoms with Crippen LogP contribution < -0.4 is 25.6 Å². The first kappa shape index (κ1) is 39.0. The SMILES string of the molecule is c1ccc([Si](c2ccccc2)(c2ccccc2)c2ccc(-c3ccccc3-n3c4ccccc4c4c(N5c6ccccc6C6(c7ccccc75)C5CC7CC(C5)CC6C7)cccc43)cc2)cc1. The zero-order chi connectivity index (χ0) is 44.1. The minimum Gasteiger partial charge on any atom is -0.309 e. The first-order valence-corrected chi connectivity index (χ1v) is 26.6. The van der Waals surface area contributed by atoms with E-state index >= 15 is 0 Å². The lowest BCUT2D eigenvalue weighted by Gasteiger charge is -2.64. The molecule has 0 N–H and O–H groups in total. The zero-order valence-electron chi connectivity index (χ0n) is 37.7. The Kier molecular flexibility index (Phi) is 8.83. The summed E-state index contributed by atoms with van der Waals surface area (Å²) in [7, 11) is -2.67. The van der Waals surface area contributed by atoms with Crippen LogP contribution in [0.4, 0.5) is 17.1 Å². The van der Waals surface area contributed by atoms with Crippen LogP contribution in [-0.4, -0.2) is 12.6 Å². The van der Waals surface area contributed by atoms with E-state index in [1.54, 1.807) is 11.1 Å².